The minimum atomic E-state index is 0.443. The number of hydrogen-bond donors (Lipinski definition) is 1. The van der Waals surface area contributed by atoms with Crippen molar-refractivity contribution < 1.29 is 4.42 Å². The third-order valence-corrected chi connectivity index (χ3v) is 2.89. The number of thiophene rings is 1. The van der Waals surface area contributed by atoms with E-state index in [1.165, 1.54) is 4.88 Å². The largest absolute Gasteiger partial charge is 0.448 e. The van der Waals surface area contributed by atoms with Crippen molar-refractivity contribution in [1.29, 1.82) is 0 Å². The van der Waals surface area contributed by atoms with E-state index in [1.807, 2.05) is 12.1 Å². The molecule has 1 N–H and O–H groups in total. The predicted molar refractivity (Wildman–Crippen MR) is 58.6 cm³/mol. The first-order valence-corrected chi connectivity index (χ1v) is 5.57. The van der Waals surface area contributed by atoms with E-state index in [1.54, 1.807) is 17.4 Å². The molecule has 2 rings (SSSR count). The van der Waals surface area contributed by atoms with Crippen molar-refractivity contribution in [1.82, 2.24) is 5.32 Å². The molecule has 2 aromatic heterocycles. The van der Waals surface area contributed by atoms with Gasteiger partial charge in [-0.25, -0.2) is 0 Å². The fourth-order valence-electron chi connectivity index (χ4n) is 1.17. The first kappa shape index (κ1) is 9.77. The number of rotatable bonds is 4. The lowest BCUT2D eigenvalue weighted by Crippen LogP contribution is -2.10. The monoisotopic (exact) mass is 227 g/mol. The first-order chi connectivity index (χ1) is 6.84. The van der Waals surface area contributed by atoms with Gasteiger partial charge in [0.15, 0.2) is 5.22 Å². The van der Waals surface area contributed by atoms with Crippen molar-refractivity contribution in [3.8, 4) is 0 Å². The molecule has 0 saturated carbocycles. The Balaban J connectivity index is 1.78. The maximum Gasteiger partial charge on any atom is 0.193 e. The van der Waals surface area contributed by atoms with E-state index in [0.29, 0.717) is 11.8 Å². The van der Waals surface area contributed by atoms with E-state index >= 15 is 0 Å². The van der Waals surface area contributed by atoms with E-state index in [9.17, 15) is 0 Å². The van der Waals surface area contributed by atoms with Gasteiger partial charge in [-0.05, 0) is 35.2 Å². The second-order valence-corrected chi connectivity index (χ2v) is 4.29. The van der Waals surface area contributed by atoms with Crippen molar-refractivity contribution in [2.75, 3.05) is 0 Å². The lowest BCUT2D eigenvalue weighted by atomic mass is 10.4. The highest BCUT2D eigenvalue weighted by Gasteiger charge is 1.99. The lowest BCUT2D eigenvalue weighted by molar-refractivity contribution is 0.485. The molecule has 0 unspecified atom stereocenters. The van der Waals surface area contributed by atoms with Crippen LogP contribution in [-0.2, 0) is 13.1 Å². The van der Waals surface area contributed by atoms with Crippen LogP contribution in [0.1, 0.15) is 10.6 Å². The third kappa shape index (κ3) is 2.61. The molecule has 4 heteroatoms. The highest BCUT2D eigenvalue weighted by molar-refractivity contribution is 7.09. The van der Waals surface area contributed by atoms with Crippen molar-refractivity contribution in [3.63, 3.8) is 0 Å². The predicted octanol–water partition coefficient (Wildman–Crippen LogP) is 3.28. The molecule has 0 fully saturated rings. The third-order valence-electron chi connectivity index (χ3n) is 1.81. The number of halogens is 1. The molecule has 0 aliphatic carbocycles. The Hall–Kier alpha value is -0.770. The highest BCUT2D eigenvalue weighted by Crippen LogP contribution is 2.13. The highest BCUT2D eigenvalue weighted by atomic mass is 35.5. The molecule has 0 aromatic carbocycles. The summed E-state index contributed by atoms with van der Waals surface area (Å²) in [7, 11) is 0. The second-order valence-electron chi connectivity index (χ2n) is 2.89. The first-order valence-electron chi connectivity index (χ1n) is 4.32. The molecule has 0 aliphatic rings. The molecule has 0 saturated heterocycles. The molecule has 14 heavy (non-hydrogen) atoms. The fraction of sp³-hybridized carbons (Fsp3) is 0.200. The van der Waals surface area contributed by atoms with E-state index < -0.39 is 0 Å². The van der Waals surface area contributed by atoms with Crippen LogP contribution in [0.15, 0.2) is 34.1 Å². The van der Waals surface area contributed by atoms with Crippen molar-refractivity contribution >= 4 is 22.9 Å². The van der Waals surface area contributed by atoms with Crippen LogP contribution < -0.4 is 5.32 Å². The van der Waals surface area contributed by atoms with E-state index in [2.05, 4.69) is 16.8 Å². The molecule has 0 bridgehead atoms. The average molecular weight is 228 g/mol. The van der Waals surface area contributed by atoms with Gasteiger partial charge in [-0.15, -0.1) is 11.3 Å². The number of nitrogens with one attached hydrogen (secondary N) is 1. The van der Waals surface area contributed by atoms with Gasteiger partial charge in [0.1, 0.15) is 5.76 Å². The molecular weight excluding hydrogens is 218 g/mol. The van der Waals surface area contributed by atoms with Crippen LogP contribution in [-0.4, -0.2) is 0 Å². The second kappa shape index (κ2) is 4.64. The van der Waals surface area contributed by atoms with Gasteiger partial charge in [-0.3, -0.25) is 0 Å². The Morgan fingerprint density at radius 1 is 1.29 bits per heavy atom. The summed E-state index contributed by atoms with van der Waals surface area (Å²) in [6, 6.07) is 7.78. The maximum absolute atomic E-state index is 5.65. The Morgan fingerprint density at radius 3 is 2.86 bits per heavy atom. The van der Waals surface area contributed by atoms with Crippen LogP contribution in [0.3, 0.4) is 0 Å². The lowest BCUT2D eigenvalue weighted by Gasteiger charge is -1.99. The summed E-state index contributed by atoms with van der Waals surface area (Å²) in [6.45, 7) is 1.58. The van der Waals surface area contributed by atoms with Gasteiger partial charge in [0.25, 0.3) is 0 Å². The average Bonchev–Trinajstić information content (AvgIpc) is 2.77. The molecule has 2 aromatic rings. The Kier molecular flexibility index (Phi) is 3.24. The molecule has 0 amide bonds. The van der Waals surface area contributed by atoms with Crippen LogP contribution in [0.4, 0.5) is 0 Å². The van der Waals surface area contributed by atoms with Crippen LogP contribution in [0.2, 0.25) is 5.22 Å². The van der Waals surface area contributed by atoms with Gasteiger partial charge in [-0.2, -0.15) is 0 Å². The standard InChI is InChI=1S/C10H10ClNOS/c11-10-4-3-8(13-10)6-12-7-9-2-1-5-14-9/h1-5,12H,6-7H2. The van der Waals surface area contributed by atoms with Crippen LogP contribution >= 0.6 is 22.9 Å². The normalized spacial score (nSPS) is 10.6. The smallest absolute Gasteiger partial charge is 0.193 e. The van der Waals surface area contributed by atoms with Crippen molar-refractivity contribution in [2.45, 2.75) is 13.1 Å². The fourth-order valence-corrected chi connectivity index (χ4v) is 2.01. The SMILES string of the molecule is Clc1ccc(CNCc2cccs2)o1. The van der Waals surface area contributed by atoms with Crippen LogP contribution in [0, 0.1) is 0 Å². The Labute approximate surface area is 91.5 Å². The topological polar surface area (TPSA) is 25.2 Å². The zero-order valence-electron chi connectivity index (χ0n) is 7.50. The quantitative estimate of drug-likeness (QED) is 0.867. The maximum atomic E-state index is 5.65. The molecule has 0 radical (unpaired) electrons. The van der Waals surface area contributed by atoms with Crippen molar-refractivity contribution in [2.24, 2.45) is 0 Å². The van der Waals surface area contributed by atoms with Gasteiger partial charge in [0.05, 0.1) is 6.54 Å². The molecule has 74 valence electrons. The summed E-state index contributed by atoms with van der Waals surface area (Å²) in [5.74, 6) is 0.867. The number of hydrogen-bond acceptors (Lipinski definition) is 3. The summed E-state index contributed by atoms with van der Waals surface area (Å²) in [5, 5.41) is 5.79. The molecule has 0 spiro atoms. The summed E-state index contributed by atoms with van der Waals surface area (Å²) in [6.07, 6.45) is 0. The minimum Gasteiger partial charge on any atom is -0.448 e. The molecule has 2 heterocycles. The molecular formula is C10H10ClNOS. The summed E-state index contributed by atoms with van der Waals surface area (Å²) in [4.78, 5) is 1.32. The van der Waals surface area contributed by atoms with Crippen LogP contribution in [0.25, 0.3) is 0 Å². The zero-order valence-corrected chi connectivity index (χ0v) is 9.07. The zero-order chi connectivity index (χ0) is 9.80. The summed E-state index contributed by atoms with van der Waals surface area (Å²) in [5.41, 5.74) is 0. The molecule has 0 aliphatic heterocycles. The number of furan rings is 1. The Morgan fingerprint density at radius 2 is 2.21 bits per heavy atom. The Bertz CT molecular complexity index is 382. The molecule has 0 atom stereocenters. The van der Waals surface area contributed by atoms with Gasteiger partial charge >= 0.3 is 0 Å². The van der Waals surface area contributed by atoms with E-state index in [4.69, 9.17) is 16.0 Å². The molecule has 2 nitrogen and oxygen atoms in total. The van der Waals surface area contributed by atoms with E-state index in [-0.39, 0.29) is 0 Å². The van der Waals surface area contributed by atoms with Gasteiger partial charge in [0, 0.05) is 11.4 Å². The van der Waals surface area contributed by atoms with Gasteiger partial charge < -0.3 is 9.73 Å². The summed E-state index contributed by atoms with van der Waals surface area (Å²) >= 11 is 7.39. The van der Waals surface area contributed by atoms with Gasteiger partial charge in [0.2, 0.25) is 0 Å². The van der Waals surface area contributed by atoms with Gasteiger partial charge in [-0.1, -0.05) is 6.07 Å². The van der Waals surface area contributed by atoms with E-state index in [0.717, 1.165) is 12.3 Å². The minimum absolute atomic E-state index is 0.443. The van der Waals surface area contributed by atoms with Crippen molar-refractivity contribution in [3.05, 3.63) is 45.5 Å². The van der Waals surface area contributed by atoms with Crippen LogP contribution in [0.5, 0.6) is 0 Å². The summed E-state index contributed by atoms with van der Waals surface area (Å²) < 4.78 is 5.21.